The quantitative estimate of drug-likeness (QED) is 0.772. The predicted molar refractivity (Wildman–Crippen MR) is 94.7 cm³/mol. The maximum absolute atomic E-state index is 12.8. The van der Waals surface area contributed by atoms with Crippen molar-refractivity contribution in [2.45, 2.75) is 77.9 Å². The number of carbonyl (C=O) groups is 2. The summed E-state index contributed by atoms with van der Waals surface area (Å²) in [5, 5.41) is 0. The van der Waals surface area contributed by atoms with Crippen LogP contribution in [0.4, 0.5) is 4.79 Å². The van der Waals surface area contributed by atoms with E-state index in [4.69, 9.17) is 4.74 Å². The maximum Gasteiger partial charge on any atom is 0.410 e. The van der Waals surface area contributed by atoms with Crippen LogP contribution in [0.5, 0.6) is 0 Å². The SMILES string of the molecule is CC1CCCCC1N(C)C(=O)C1CCN(C(=O)OC(C)(C)C)CC1. The molecule has 2 atom stereocenters. The number of likely N-dealkylation sites (tertiary alicyclic amines) is 1. The molecule has 0 radical (unpaired) electrons. The van der Waals surface area contributed by atoms with E-state index < -0.39 is 5.60 Å². The van der Waals surface area contributed by atoms with Crippen LogP contribution in [0.3, 0.4) is 0 Å². The minimum Gasteiger partial charge on any atom is -0.444 e. The highest BCUT2D eigenvalue weighted by atomic mass is 16.6. The Morgan fingerprint density at radius 3 is 2.17 bits per heavy atom. The van der Waals surface area contributed by atoms with Gasteiger partial charge >= 0.3 is 6.09 Å². The predicted octanol–water partition coefficient (Wildman–Crippen LogP) is 3.67. The molecule has 1 saturated carbocycles. The molecule has 2 fully saturated rings. The number of hydrogen-bond donors (Lipinski definition) is 0. The van der Waals surface area contributed by atoms with Gasteiger partial charge < -0.3 is 14.5 Å². The molecule has 5 nitrogen and oxygen atoms in total. The number of carbonyl (C=O) groups excluding carboxylic acids is 2. The van der Waals surface area contributed by atoms with Crippen LogP contribution in [-0.4, -0.2) is 53.6 Å². The molecule has 5 heteroatoms. The lowest BCUT2D eigenvalue weighted by Gasteiger charge is -2.39. The van der Waals surface area contributed by atoms with Gasteiger partial charge in [0.15, 0.2) is 0 Å². The average Bonchev–Trinajstić information content (AvgIpc) is 2.52. The van der Waals surface area contributed by atoms with Crippen molar-refractivity contribution < 1.29 is 14.3 Å². The summed E-state index contributed by atoms with van der Waals surface area (Å²) < 4.78 is 5.42. The van der Waals surface area contributed by atoms with E-state index in [1.165, 1.54) is 19.3 Å². The van der Waals surface area contributed by atoms with E-state index >= 15 is 0 Å². The van der Waals surface area contributed by atoms with Crippen molar-refractivity contribution in [1.29, 1.82) is 0 Å². The Hall–Kier alpha value is -1.26. The largest absolute Gasteiger partial charge is 0.444 e. The lowest BCUT2D eigenvalue weighted by molar-refractivity contribution is -0.139. The zero-order valence-electron chi connectivity index (χ0n) is 16.0. The van der Waals surface area contributed by atoms with Crippen LogP contribution >= 0.6 is 0 Å². The molecule has 2 unspecified atom stereocenters. The number of rotatable bonds is 2. The van der Waals surface area contributed by atoms with Gasteiger partial charge in [0.05, 0.1) is 0 Å². The summed E-state index contributed by atoms with van der Waals surface area (Å²) in [7, 11) is 1.97. The van der Waals surface area contributed by atoms with E-state index in [9.17, 15) is 9.59 Å². The average molecular weight is 338 g/mol. The molecule has 0 bridgehead atoms. The Bertz CT molecular complexity index is 450. The zero-order chi connectivity index (χ0) is 17.9. The molecular weight excluding hydrogens is 304 g/mol. The summed E-state index contributed by atoms with van der Waals surface area (Å²) in [4.78, 5) is 28.7. The molecule has 1 heterocycles. The number of nitrogens with zero attached hydrogens (tertiary/aromatic N) is 2. The van der Waals surface area contributed by atoms with Gasteiger partial charge in [-0.25, -0.2) is 4.79 Å². The molecule has 138 valence electrons. The van der Waals surface area contributed by atoms with Crippen molar-refractivity contribution in [3.63, 3.8) is 0 Å². The second-order valence-electron chi connectivity index (χ2n) is 8.52. The van der Waals surface area contributed by atoms with Gasteiger partial charge in [0.1, 0.15) is 5.60 Å². The molecule has 1 aliphatic carbocycles. The molecule has 1 saturated heterocycles. The summed E-state index contributed by atoms with van der Waals surface area (Å²) in [6.07, 6.45) is 6.08. The van der Waals surface area contributed by atoms with Gasteiger partial charge in [-0.05, 0) is 52.4 Å². The van der Waals surface area contributed by atoms with Crippen molar-refractivity contribution in [2.24, 2.45) is 11.8 Å². The standard InChI is InChI=1S/C19H34N2O3/c1-14-8-6-7-9-16(14)20(5)17(22)15-10-12-21(13-11-15)18(23)24-19(2,3)4/h14-16H,6-13H2,1-5H3. The van der Waals surface area contributed by atoms with Crippen LogP contribution in [0.2, 0.25) is 0 Å². The Balaban J connectivity index is 1.85. The number of amides is 2. The van der Waals surface area contributed by atoms with Crippen LogP contribution in [-0.2, 0) is 9.53 Å². The number of hydrogen-bond acceptors (Lipinski definition) is 3. The van der Waals surface area contributed by atoms with Crippen molar-refractivity contribution in [1.82, 2.24) is 9.80 Å². The van der Waals surface area contributed by atoms with E-state index in [0.717, 1.165) is 19.3 Å². The van der Waals surface area contributed by atoms with E-state index in [1.54, 1.807) is 4.90 Å². The third-order valence-corrected chi connectivity index (χ3v) is 5.41. The van der Waals surface area contributed by atoms with Crippen molar-refractivity contribution >= 4 is 12.0 Å². The molecular formula is C19H34N2O3. The van der Waals surface area contributed by atoms with Crippen LogP contribution in [0.15, 0.2) is 0 Å². The minimum absolute atomic E-state index is 0.0443. The van der Waals surface area contributed by atoms with Crippen LogP contribution < -0.4 is 0 Å². The first-order chi connectivity index (χ1) is 11.2. The lowest BCUT2D eigenvalue weighted by atomic mass is 9.84. The molecule has 2 amide bonds. The summed E-state index contributed by atoms with van der Waals surface area (Å²) in [6.45, 7) is 9.11. The van der Waals surface area contributed by atoms with Crippen LogP contribution in [0.1, 0.15) is 66.2 Å². The van der Waals surface area contributed by atoms with E-state index in [0.29, 0.717) is 25.0 Å². The third kappa shape index (κ3) is 4.87. The molecule has 24 heavy (non-hydrogen) atoms. The molecule has 2 aliphatic rings. The zero-order valence-corrected chi connectivity index (χ0v) is 16.0. The highest BCUT2D eigenvalue weighted by molar-refractivity contribution is 5.79. The summed E-state index contributed by atoms with van der Waals surface area (Å²) in [5.74, 6) is 0.898. The van der Waals surface area contributed by atoms with Crippen LogP contribution in [0.25, 0.3) is 0 Å². The van der Waals surface area contributed by atoms with E-state index in [1.807, 2.05) is 32.7 Å². The molecule has 2 rings (SSSR count). The Morgan fingerprint density at radius 1 is 1.04 bits per heavy atom. The monoisotopic (exact) mass is 338 g/mol. The number of piperidine rings is 1. The van der Waals surface area contributed by atoms with Gasteiger partial charge in [0.25, 0.3) is 0 Å². The Morgan fingerprint density at radius 2 is 1.62 bits per heavy atom. The summed E-state index contributed by atoms with van der Waals surface area (Å²) >= 11 is 0. The van der Waals surface area contributed by atoms with Crippen LogP contribution in [0, 0.1) is 11.8 Å². The molecule has 0 aromatic heterocycles. The first-order valence-electron chi connectivity index (χ1n) is 9.43. The van der Waals surface area contributed by atoms with Gasteiger partial charge in [0, 0.05) is 32.1 Å². The normalized spacial score (nSPS) is 26.1. The lowest BCUT2D eigenvalue weighted by Crippen LogP contribution is -2.49. The topological polar surface area (TPSA) is 49.9 Å². The molecule has 0 aromatic carbocycles. The fourth-order valence-electron chi connectivity index (χ4n) is 3.96. The highest BCUT2D eigenvalue weighted by Crippen LogP contribution is 2.30. The fraction of sp³-hybridized carbons (Fsp3) is 0.895. The van der Waals surface area contributed by atoms with Gasteiger partial charge in [-0.2, -0.15) is 0 Å². The molecule has 1 aliphatic heterocycles. The smallest absolute Gasteiger partial charge is 0.410 e. The molecule has 0 aromatic rings. The van der Waals surface area contributed by atoms with Gasteiger partial charge in [-0.3, -0.25) is 4.79 Å². The van der Waals surface area contributed by atoms with Crippen molar-refractivity contribution in [2.75, 3.05) is 20.1 Å². The third-order valence-electron chi connectivity index (χ3n) is 5.41. The number of ether oxygens (including phenoxy) is 1. The van der Waals surface area contributed by atoms with E-state index in [2.05, 4.69) is 6.92 Å². The van der Waals surface area contributed by atoms with Gasteiger partial charge in [0.2, 0.25) is 5.91 Å². The highest BCUT2D eigenvalue weighted by Gasteiger charge is 2.34. The maximum atomic E-state index is 12.8. The first kappa shape index (κ1) is 19.1. The van der Waals surface area contributed by atoms with Crippen molar-refractivity contribution in [3.05, 3.63) is 0 Å². The summed E-state index contributed by atoms with van der Waals surface area (Å²) in [6, 6.07) is 0.384. The van der Waals surface area contributed by atoms with Gasteiger partial charge in [-0.1, -0.05) is 19.8 Å². The minimum atomic E-state index is -0.471. The molecule has 0 N–H and O–H groups in total. The first-order valence-corrected chi connectivity index (χ1v) is 9.43. The Labute approximate surface area is 146 Å². The van der Waals surface area contributed by atoms with Crippen molar-refractivity contribution in [3.8, 4) is 0 Å². The second kappa shape index (κ2) is 7.75. The fourth-order valence-corrected chi connectivity index (χ4v) is 3.96. The summed E-state index contributed by atoms with van der Waals surface area (Å²) in [5.41, 5.74) is -0.471. The van der Waals surface area contributed by atoms with E-state index in [-0.39, 0.29) is 17.9 Å². The Kier molecular flexibility index (Phi) is 6.16. The molecule has 0 spiro atoms. The van der Waals surface area contributed by atoms with Gasteiger partial charge in [-0.15, -0.1) is 0 Å². The second-order valence-corrected chi connectivity index (χ2v) is 8.52.